The number of carbonyl (C=O) groups is 2. The number of benzene rings is 2. The summed E-state index contributed by atoms with van der Waals surface area (Å²) in [5.74, 6) is 0.676. The van der Waals surface area contributed by atoms with Crippen molar-refractivity contribution in [3.63, 3.8) is 0 Å². The van der Waals surface area contributed by atoms with Crippen molar-refractivity contribution in [2.75, 3.05) is 23.5 Å². The van der Waals surface area contributed by atoms with Crippen LogP contribution < -0.4 is 15.4 Å². The molecular formula is C19H22N2O3S. The molecule has 0 radical (unpaired) electrons. The van der Waals surface area contributed by atoms with E-state index in [4.69, 9.17) is 4.74 Å². The molecule has 0 aliphatic carbocycles. The van der Waals surface area contributed by atoms with Crippen LogP contribution >= 0.6 is 11.8 Å². The van der Waals surface area contributed by atoms with Gasteiger partial charge in [0.1, 0.15) is 5.75 Å². The van der Waals surface area contributed by atoms with Gasteiger partial charge in [0.2, 0.25) is 11.8 Å². The van der Waals surface area contributed by atoms with Gasteiger partial charge >= 0.3 is 0 Å². The molecule has 132 valence electrons. The van der Waals surface area contributed by atoms with E-state index in [2.05, 4.69) is 10.6 Å². The number of carbonyl (C=O) groups excluding carboxylic acids is 2. The quantitative estimate of drug-likeness (QED) is 0.792. The lowest BCUT2D eigenvalue weighted by molar-refractivity contribution is -0.115. The van der Waals surface area contributed by atoms with Gasteiger partial charge in [-0.3, -0.25) is 9.59 Å². The Labute approximate surface area is 152 Å². The first kappa shape index (κ1) is 18.9. The zero-order chi connectivity index (χ0) is 18.2. The van der Waals surface area contributed by atoms with Crippen LogP contribution in [0.25, 0.3) is 0 Å². The largest absolute Gasteiger partial charge is 0.497 e. The molecule has 0 saturated heterocycles. The summed E-state index contributed by atoms with van der Waals surface area (Å²) in [5, 5.41) is 5.30. The fourth-order valence-corrected chi connectivity index (χ4v) is 2.71. The number of amides is 2. The molecule has 25 heavy (non-hydrogen) atoms. The van der Waals surface area contributed by atoms with Gasteiger partial charge in [-0.25, -0.2) is 0 Å². The van der Waals surface area contributed by atoms with Crippen LogP contribution in [0, 0.1) is 6.92 Å². The van der Waals surface area contributed by atoms with Gasteiger partial charge in [0, 0.05) is 11.4 Å². The molecule has 2 aromatic rings. The molecule has 0 heterocycles. The Morgan fingerprint density at radius 2 is 1.56 bits per heavy atom. The Morgan fingerprint density at radius 1 is 1.00 bits per heavy atom. The lowest BCUT2D eigenvalue weighted by atomic mass is 10.2. The van der Waals surface area contributed by atoms with Crippen molar-refractivity contribution < 1.29 is 14.3 Å². The lowest BCUT2D eigenvalue weighted by Gasteiger charge is -2.12. The van der Waals surface area contributed by atoms with E-state index in [0.717, 1.165) is 17.0 Å². The number of hydrogen-bond donors (Lipinski definition) is 2. The molecule has 0 saturated carbocycles. The van der Waals surface area contributed by atoms with Gasteiger partial charge in [-0.1, -0.05) is 17.7 Å². The van der Waals surface area contributed by atoms with E-state index in [-0.39, 0.29) is 22.8 Å². The normalized spacial score (nSPS) is 11.5. The Kier molecular flexibility index (Phi) is 6.89. The summed E-state index contributed by atoms with van der Waals surface area (Å²) in [6, 6.07) is 14.7. The standard InChI is InChI=1S/C19H22N2O3S/c1-13-4-6-15(7-5-13)20-18(22)12-25-14(2)19(23)21-16-8-10-17(24-3)11-9-16/h4-11,14H,12H2,1-3H3,(H,20,22)(H,21,23). The molecule has 1 atom stereocenters. The molecule has 2 rings (SSSR count). The molecule has 1 unspecified atom stereocenters. The van der Waals surface area contributed by atoms with Crippen molar-refractivity contribution in [3.8, 4) is 5.75 Å². The Bertz CT molecular complexity index is 714. The number of hydrogen-bond acceptors (Lipinski definition) is 4. The van der Waals surface area contributed by atoms with E-state index < -0.39 is 0 Å². The maximum Gasteiger partial charge on any atom is 0.237 e. The van der Waals surface area contributed by atoms with Crippen molar-refractivity contribution >= 4 is 35.0 Å². The molecular weight excluding hydrogens is 336 g/mol. The van der Waals surface area contributed by atoms with Crippen molar-refractivity contribution in [1.82, 2.24) is 0 Å². The number of nitrogens with one attached hydrogen (secondary N) is 2. The topological polar surface area (TPSA) is 67.4 Å². The molecule has 0 bridgehead atoms. The minimum absolute atomic E-state index is 0.127. The third-order valence-electron chi connectivity index (χ3n) is 3.53. The van der Waals surface area contributed by atoms with E-state index in [1.807, 2.05) is 31.2 Å². The lowest BCUT2D eigenvalue weighted by Crippen LogP contribution is -2.25. The summed E-state index contributed by atoms with van der Waals surface area (Å²) in [6.45, 7) is 3.77. The molecule has 0 fully saturated rings. The number of ether oxygens (including phenoxy) is 1. The molecule has 0 aromatic heterocycles. The molecule has 5 nitrogen and oxygen atoms in total. The van der Waals surface area contributed by atoms with Crippen LogP contribution in [0.4, 0.5) is 11.4 Å². The second-order valence-corrected chi connectivity index (χ2v) is 6.91. The van der Waals surface area contributed by atoms with Crippen LogP contribution in [0.2, 0.25) is 0 Å². The van der Waals surface area contributed by atoms with Gasteiger partial charge in [0.05, 0.1) is 18.1 Å². The summed E-state index contributed by atoms with van der Waals surface area (Å²) in [7, 11) is 1.59. The highest BCUT2D eigenvalue weighted by Crippen LogP contribution is 2.18. The molecule has 0 aliphatic rings. The highest BCUT2D eigenvalue weighted by atomic mass is 32.2. The van der Waals surface area contributed by atoms with Crippen molar-refractivity contribution in [3.05, 3.63) is 54.1 Å². The highest BCUT2D eigenvalue weighted by molar-refractivity contribution is 8.01. The number of rotatable bonds is 7. The average Bonchev–Trinajstić information content (AvgIpc) is 2.62. The van der Waals surface area contributed by atoms with Gasteiger partial charge in [-0.2, -0.15) is 0 Å². The van der Waals surface area contributed by atoms with Gasteiger partial charge in [0.15, 0.2) is 0 Å². The summed E-state index contributed by atoms with van der Waals surface area (Å²) in [6.07, 6.45) is 0. The van der Waals surface area contributed by atoms with Crippen LogP contribution in [-0.4, -0.2) is 29.9 Å². The first-order chi connectivity index (χ1) is 12.0. The zero-order valence-corrected chi connectivity index (χ0v) is 15.4. The Morgan fingerprint density at radius 3 is 2.16 bits per heavy atom. The number of aryl methyl sites for hydroxylation is 1. The fourth-order valence-electron chi connectivity index (χ4n) is 2.03. The van der Waals surface area contributed by atoms with Crippen molar-refractivity contribution in [2.24, 2.45) is 0 Å². The molecule has 0 spiro atoms. The van der Waals surface area contributed by atoms with Crippen LogP contribution in [0.3, 0.4) is 0 Å². The van der Waals surface area contributed by atoms with Gasteiger partial charge in [-0.05, 0) is 50.2 Å². The molecule has 2 amide bonds. The first-order valence-corrected chi connectivity index (χ1v) is 8.96. The molecule has 6 heteroatoms. The molecule has 0 aliphatic heterocycles. The third kappa shape index (κ3) is 6.15. The van der Waals surface area contributed by atoms with Gasteiger partial charge in [0.25, 0.3) is 0 Å². The molecule has 2 aromatic carbocycles. The van der Waals surface area contributed by atoms with E-state index in [0.29, 0.717) is 5.69 Å². The first-order valence-electron chi connectivity index (χ1n) is 7.91. The van der Waals surface area contributed by atoms with Crippen molar-refractivity contribution in [2.45, 2.75) is 19.1 Å². The van der Waals surface area contributed by atoms with Crippen LogP contribution in [-0.2, 0) is 9.59 Å². The minimum Gasteiger partial charge on any atom is -0.497 e. The summed E-state index contributed by atoms with van der Waals surface area (Å²) < 4.78 is 5.08. The summed E-state index contributed by atoms with van der Waals surface area (Å²) in [4.78, 5) is 24.2. The van der Waals surface area contributed by atoms with Crippen LogP contribution in [0.5, 0.6) is 5.75 Å². The summed E-state index contributed by atoms with van der Waals surface area (Å²) >= 11 is 1.29. The minimum atomic E-state index is -0.342. The smallest absolute Gasteiger partial charge is 0.237 e. The zero-order valence-electron chi connectivity index (χ0n) is 14.5. The summed E-state index contributed by atoms with van der Waals surface area (Å²) in [5.41, 5.74) is 2.59. The second kappa shape index (κ2) is 9.13. The third-order valence-corrected chi connectivity index (χ3v) is 4.67. The highest BCUT2D eigenvalue weighted by Gasteiger charge is 2.15. The predicted octanol–water partition coefficient (Wildman–Crippen LogP) is 3.70. The Hall–Kier alpha value is -2.47. The monoisotopic (exact) mass is 358 g/mol. The number of anilines is 2. The van der Waals surface area contributed by atoms with E-state index >= 15 is 0 Å². The van der Waals surface area contributed by atoms with Crippen LogP contribution in [0.15, 0.2) is 48.5 Å². The second-order valence-electron chi connectivity index (χ2n) is 5.59. The van der Waals surface area contributed by atoms with Gasteiger partial charge < -0.3 is 15.4 Å². The Balaban J connectivity index is 1.77. The van der Waals surface area contributed by atoms with E-state index in [1.54, 1.807) is 38.3 Å². The van der Waals surface area contributed by atoms with E-state index in [1.165, 1.54) is 11.8 Å². The predicted molar refractivity (Wildman–Crippen MR) is 103 cm³/mol. The molecule has 2 N–H and O–H groups in total. The average molecular weight is 358 g/mol. The van der Waals surface area contributed by atoms with E-state index in [9.17, 15) is 9.59 Å². The maximum absolute atomic E-state index is 12.2. The number of thioether (sulfide) groups is 1. The SMILES string of the molecule is COc1ccc(NC(=O)C(C)SCC(=O)Nc2ccc(C)cc2)cc1. The van der Waals surface area contributed by atoms with Crippen molar-refractivity contribution in [1.29, 1.82) is 0 Å². The number of methoxy groups -OCH3 is 1. The maximum atomic E-state index is 12.2. The fraction of sp³-hybridized carbons (Fsp3) is 0.263. The van der Waals surface area contributed by atoms with Crippen LogP contribution in [0.1, 0.15) is 12.5 Å². The van der Waals surface area contributed by atoms with Gasteiger partial charge in [-0.15, -0.1) is 11.8 Å².